The lowest BCUT2D eigenvalue weighted by molar-refractivity contribution is -0.116. The van der Waals surface area contributed by atoms with Crippen LogP contribution in [0.5, 0.6) is 17.2 Å². The van der Waals surface area contributed by atoms with E-state index in [4.69, 9.17) is 19.2 Å². The Bertz CT molecular complexity index is 2340. The van der Waals surface area contributed by atoms with Crippen LogP contribution in [-0.2, 0) is 9.59 Å². The number of nitrogens with zero attached hydrogens (tertiary/aromatic N) is 1. The first kappa shape index (κ1) is 39.3. The third-order valence-electron chi connectivity index (χ3n) is 8.56. The van der Waals surface area contributed by atoms with E-state index in [0.29, 0.717) is 39.2 Å². The summed E-state index contributed by atoms with van der Waals surface area (Å²) in [6.07, 6.45) is 1.53. The van der Waals surface area contributed by atoms with Gasteiger partial charge in [0.05, 0.1) is 27.0 Å². The van der Waals surface area contributed by atoms with E-state index >= 15 is 0 Å². The Balaban J connectivity index is 1.26. The van der Waals surface area contributed by atoms with Crippen LogP contribution >= 0.6 is 23.1 Å². The Kier molecular flexibility index (Phi) is 12.9. The SMILES string of the molecule is COc1cc(/C=C(/NC(=O)c2ccccc2)C(=O)Nc2cccc(SC(C(=O)Nc3nc(-c4ccc(C)cc4)c(C)s3)c3ccccc3)c2)cc(OC)c1OC. The summed E-state index contributed by atoms with van der Waals surface area (Å²) in [5, 5.41) is 8.60. The van der Waals surface area contributed by atoms with Crippen molar-refractivity contribution in [1.29, 1.82) is 0 Å². The molecule has 10 nitrogen and oxygen atoms in total. The molecule has 0 aliphatic heterocycles. The zero-order valence-corrected chi connectivity index (χ0v) is 33.0. The summed E-state index contributed by atoms with van der Waals surface area (Å²) in [7, 11) is 4.49. The molecule has 0 aliphatic carbocycles. The molecular weight excluding hydrogens is 745 g/mol. The van der Waals surface area contributed by atoms with E-state index in [1.54, 1.807) is 60.7 Å². The van der Waals surface area contributed by atoms with Crippen LogP contribution in [0.1, 0.15) is 37.2 Å². The summed E-state index contributed by atoms with van der Waals surface area (Å²) >= 11 is 2.77. The molecule has 12 heteroatoms. The van der Waals surface area contributed by atoms with Crippen molar-refractivity contribution in [2.24, 2.45) is 0 Å². The molecule has 6 rings (SSSR count). The molecular formula is C44H40N4O6S2. The van der Waals surface area contributed by atoms with Crippen LogP contribution in [0.2, 0.25) is 0 Å². The lowest BCUT2D eigenvalue weighted by Crippen LogP contribution is -2.30. The molecule has 1 unspecified atom stereocenters. The zero-order chi connectivity index (χ0) is 39.6. The fraction of sp³-hybridized carbons (Fsp3) is 0.136. The minimum absolute atomic E-state index is 0.0310. The molecule has 0 spiro atoms. The summed E-state index contributed by atoms with van der Waals surface area (Å²) in [6.45, 7) is 4.03. The average Bonchev–Trinajstić information content (AvgIpc) is 3.59. The molecule has 0 bridgehead atoms. The standard InChI is InChI=1S/C44H40N4O6S2/c1-27-19-21-30(22-20-27)38-28(2)55-44(47-38)48-43(51)40(31-13-8-6-9-14-31)56-34-18-12-17-33(26-34)45-42(50)35(46-41(49)32-15-10-7-11-16-32)23-29-24-36(52-3)39(54-5)37(25-29)53-4/h6-26,40H,1-5H3,(H,45,50)(H,46,49)(H,47,48,51)/b35-23+. The number of aromatic nitrogens is 1. The molecule has 0 saturated heterocycles. The van der Waals surface area contributed by atoms with E-state index < -0.39 is 17.1 Å². The molecule has 56 heavy (non-hydrogen) atoms. The zero-order valence-electron chi connectivity index (χ0n) is 31.4. The number of carbonyl (C=O) groups is 3. The van der Waals surface area contributed by atoms with Gasteiger partial charge < -0.3 is 30.2 Å². The summed E-state index contributed by atoms with van der Waals surface area (Å²) in [5.41, 5.74) is 5.08. The highest BCUT2D eigenvalue weighted by atomic mass is 32.2. The van der Waals surface area contributed by atoms with Crippen molar-refractivity contribution in [2.75, 3.05) is 32.0 Å². The predicted molar refractivity (Wildman–Crippen MR) is 224 cm³/mol. The normalized spacial score (nSPS) is 11.6. The number of benzene rings is 5. The largest absolute Gasteiger partial charge is 0.493 e. The van der Waals surface area contributed by atoms with Crippen molar-refractivity contribution >= 4 is 57.7 Å². The van der Waals surface area contributed by atoms with Crippen molar-refractivity contribution in [3.8, 4) is 28.5 Å². The molecule has 1 atom stereocenters. The Morgan fingerprint density at radius 2 is 1.41 bits per heavy atom. The first-order chi connectivity index (χ1) is 27.1. The topological polar surface area (TPSA) is 128 Å². The third-order valence-corrected chi connectivity index (χ3v) is 10.7. The van der Waals surface area contributed by atoms with Crippen LogP contribution in [0.15, 0.2) is 132 Å². The van der Waals surface area contributed by atoms with E-state index in [2.05, 4.69) is 16.0 Å². The second-order valence-corrected chi connectivity index (χ2v) is 14.9. The van der Waals surface area contributed by atoms with Crippen LogP contribution in [0.4, 0.5) is 10.8 Å². The summed E-state index contributed by atoms with van der Waals surface area (Å²) in [4.78, 5) is 47.8. The molecule has 3 amide bonds. The maximum atomic E-state index is 14.0. The second-order valence-electron chi connectivity index (χ2n) is 12.5. The van der Waals surface area contributed by atoms with E-state index in [1.807, 2.05) is 74.5 Å². The number of hydrogen-bond donors (Lipinski definition) is 3. The molecule has 0 saturated carbocycles. The maximum Gasteiger partial charge on any atom is 0.272 e. The van der Waals surface area contributed by atoms with Crippen LogP contribution in [0.3, 0.4) is 0 Å². The van der Waals surface area contributed by atoms with Crippen molar-refractivity contribution < 1.29 is 28.6 Å². The number of carbonyl (C=O) groups excluding carboxylic acids is 3. The Labute approximate surface area is 333 Å². The summed E-state index contributed by atoms with van der Waals surface area (Å²) in [6, 6.07) is 36.8. The lowest BCUT2D eigenvalue weighted by atomic mass is 10.1. The number of rotatable bonds is 14. The van der Waals surface area contributed by atoms with Gasteiger partial charge in [0.2, 0.25) is 11.7 Å². The molecule has 1 aromatic heterocycles. The van der Waals surface area contributed by atoms with Gasteiger partial charge in [0.1, 0.15) is 10.9 Å². The molecule has 6 aromatic rings. The minimum Gasteiger partial charge on any atom is -0.493 e. The van der Waals surface area contributed by atoms with Crippen molar-refractivity contribution in [3.05, 3.63) is 154 Å². The van der Waals surface area contributed by atoms with Crippen LogP contribution < -0.4 is 30.2 Å². The van der Waals surface area contributed by atoms with E-state index in [0.717, 1.165) is 32.2 Å². The predicted octanol–water partition coefficient (Wildman–Crippen LogP) is 9.33. The van der Waals surface area contributed by atoms with Crippen LogP contribution in [0, 0.1) is 13.8 Å². The van der Waals surface area contributed by atoms with Gasteiger partial charge in [-0.05, 0) is 73.5 Å². The Morgan fingerprint density at radius 3 is 2.05 bits per heavy atom. The molecule has 3 N–H and O–H groups in total. The average molecular weight is 785 g/mol. The van der Waals surface area contributed by atoms with Gasteiger partial charge in [-0.2, -0.15) is 0 Å². The van der Waals surface area contributed by atoms with Gasteiger partial charge in [0.15, 0.2) is 16.6 Å². The van der Waals surface area contributed by atoms with Crippen LogP contribution in [-0.4, -0.2) is 44.0 Å². The fourth-order valence-electron chi connectivity index (χ4n) is 5.78. The van der Waals surface area contributed by atoms with E-state index in [-0.39, 0.29) is 11.6 Å². The Hall–Kier alpha value is -6.37. The molecule has 1 heterocycles. The fourth-order valence-corrected chi connectivity index (χ4v) is 7.70. The maximum absolute atomic E-state index is 14.0. The number of methoxy groups -OCH3 is 3. The molecule has 0 radical (unpaired) electrons. The van der Waals surface area contributed by atoms with Crippen molar-refractivity contribution in [2.45, 2.75) is 24.0 Å². The van der Waals surface area contributed by atoms with Crippen molar-refractivity contribution in [3.63, 3.8) is 0 Å². The number of thiazole rings is 1. The molecule has 5 aromatic carbocycles. The van der Waals surface area contributed by atoms with Gasteiger partial charge in [0.25, 0.3) is 11.8 Å². The van der Waals surface area contributed by atoms with E-state index in [9.17, 15) is 14.4 Å². The van der Waals surface area contributed by atoms with E-state index in [1.165, 1.54) is 50.5 Å². The first-order valence-electron chi connectivity index (χ1n) is 17.5. The smallest absolute Gasteiger partial charge is 0.272 e. The quantitative estimate of drug-likeness (QED) is 0.0737. The first-order valence-corrected chi connectivity index (χ1v) is 19.2. The monoisotopic (exact) mass is 784 g/mol. The van der Waals surface area contributed by atoms with Gasteiger partial charge in [0, 0.05) is 26.6 Å². The number of hydrogen-bond acceptors (Lipinski definition) is 9. The molecule has 0 aliphatic rings. The second kappa shape index (κ2) is 18.3. The highest BCUT2D eigenvalue weighted by molar-refractivity contribution is 8.00. The highest BCUT2D eigenvalue weighted by Crippen LogP contribution is 2.40. The van der Waals surface area contributed by atoms with Gasteiger partial charge in [-0.15, -0.1) is 23.1 Å². The number of ether oxygens (including phenoxy) is 3. The Morgan fingerprint density at radius 1 is 0.750 bits per heavy atom. The number of aryl methyl sites for hydroxylation is 2. The lowest BCUT2D eigenvalue weighted by Gasteiger charge is -2.17. The number of amides is 3. The van der Waals surface area contributed by atoms with Crippen LogP contribution in [0.25, 0.3) is 17.3 Å². The van der Waals surface area contributed by atoms with Crippen molar-refractivity contribution in [1.82, 2.24) is 10.3 Å². The van der Waals surface area contributed by atoms with Gasteiger partial charge in [-0.3, -0.25) is 14.4 Å². The summed E-state index contributed by atoms with van der Waals surface area (Å²) < 4.78 is 16.5. The minimum atomic E-state index is -0.644. The van der Waals surface area contributed by atoms with Gasteiger partial charge in [-0.1, -0.05) is 84.4 Å². The number of thioether (sulfide) groups is 1. The number of anilines is 2. The third kappa shape index (κ3) is 9.64. The summed E-state index contributed by atoms with van der Waals surface area (Å²) in [5.74, 6) is -0.139. The van der Waals surface area contributed by atoms with Gasteiger partial charge in [-0.25, -0.2) is 4.98 Å². The highest BCUT2D eigenvalue weighted by Gasteiger charge is 2.25. The molecule has 0 fully saturated rings. The van der Waals surface area contributed by atoms with Gasteiger partial charge >= 0.3 is 0 Å². The number of nitrogens with one attached hydrogen (secondary N) is 3. The molecule has 284 valence electrons.